The predicted molar refractivity (Wildman–Crippen MR) is 68.4 cm³/mol. The number of carbonyl (C=O) groups excluding carboxylic acids is 3. The molecule has 19 heavy (non-hydrogen) atoms. The Bertz CT molecular complexity index is 400. The number of imide groups is 1. The molecule has 8 heteroatoms. The van der Waals surface area contributed by atoms with Gasteiger partial charge in [-0.25, -0.2) is 4.79 Å². The predicted octanol–water partition coefficient (Wildman–Crippen LogP) is 0.631. The molecule has 1 heterocycles. The van der Waals surface area contributed by atoms with Crippen LogP contribution in [0.1, 0.15) is 40.0 Å². The van der Waals surface area contributed by atoms with E-state index in [-0.39, 0.29) is 24.3 Å². The quantitative estimate of drug-likeness (QED) is 0.461. The highest BCUT2D eigenvalue weighted by Crippen LogP contribution is 2.12. The number of hydrogen-bond donors (Lipinski definition) is 1. The molecule has 1 rings (SSSR count). The summed E-state index contributed by atoms with van der Waals surface area (Å²) in [5, 5.41) is 0.482. The summed E-state index contributed by atoms with van der Waals surface area (Å²) in [5.41, 5.74) is 1.98. The molecule has 0 atom stereocenters. The summed E-state index contributed by atoms with van der Waals surface area (Å²) in [6, 6.07) is 0. The SMILES string of the molecule is CC(C)(C)ONC(=S)CC(=O)ON1C(=O)CCC1=O. The van der Waals surface area contributed by atoms with E-state index in [0.29, 0.717) is 5.06 Å². The van der Waals surface area contributed by atoms with E-state index in [1.807, 2.05) is 20.8 Å². The molecule has 2 amide bonds. The zero-order chi connectivity index (χ0) is 14.6. The van der Waals surface area contributed by atoms with Gasteiger partial charge in [0.05, 0.1) is 5.60 Å². The second-order valence-corrected chi connectivity index (χ2v) is 5.45. The van der Waals surface area contributed by atoms with Crippen molar-refractivity contribution in [2.45, 2.75) is 45.6 Å². The third kappa shape index (κ3) is 5.31. The first-order valence-electron chi connectivity index (χ1n) is 5.72. The molecule has 1 N–H and O–H groups in total. The van der Waals surface area contributed by atoms with Crippen molar-refractivity contribution in [3.05, 3.63) is 0 Å². The third-order valence-corrected chi connectivity index (χ3v) is 2.20. The summed E-state index contributed by atoms with van der Waals surface area (Å²) in [6.07, 6.45) is -0.160. The number of carbonyl (C=O) groups is 3. The van der Waals surface area contributed by atoms with Crippen LogP contribution in [0.3, 0.4) is 0 Å². The van der Waals surface area contributed by atoms with Crippen LogP contribution in [0.2, 0.25) is 0 Å². The highest BCUT2D eigenvalue weighted by atomic mass is 32.1. The van der Waals surface area contributed by atoms with Crippen LogP contribution in [-0.2, 0) is 24.1 Å². The van der Waals surface area contributed by atoms with Crippen LogP contribution in [-0.4, -0.2) is 33.4 Å². The zero-order valence-corrected chi connectivity index (χ0v) is 11.8. The van der Waals surface area contributed by atoms with Gasteiger partial charge in [0, 0.05) is 12.8 Å². The van der Waals surface area contributed by atoms with E-state index < -0.39 is 23.4 Å². The molecule has 0 saturated carbocycles. The molecule has 106 valence electrons. The Morgan fingerprint density at radius 1 is 1.32 bits per heavy atom. The Balaban J connectivity index is 2.37. The number of nitrogens with one attached hydrogen (secondary N) is 1. The fourth-order valence-electron chi connectivity index (χ4n) is 1.17. The Kier molecular flexibility index (Phi) is 4.96. The van der Waals surface area contributed by atoms with Gasteiger partial charge in [-0.15, -0.1) is 5.06 Å². The molecule has 1 saturated heterocycles. The maximum absolute atomic E-state index is 11.5. The molecule has 1 aliphatic rings. The van der Waals surface area contributed by atoms with Crippen molar-refractivity contribution >= 4 is 35.0 Å². The molecule has 7 nitrogen and oxygen atoms in total. The van der Waals surface area contributed by atoms with Crippen molar-refractivity contribution in [2.24, 2.45) is 0 Å². The standard InChI is InChI=1S/C11H16N2O5S/c1-11(2,3)18-12-7(19)6-10(16)17-13-8(14)4-5-9(13)15/h4-6H2,1-3H3,(H,12,19). The van der Waals surface area contributed by atoms with Gasteiger partial charge in [0.25, 0.3) is 11.8 Å². The second kappa shape index (κ2) is 6.07. The van der Waals surface area contributed by atoms with Crippen LogP contribution < -0.4 is 5.48 Å². The van der Waals surface area contributed by atoms with Crippen molar-refractivity contribution in [1.29, 1.82) is 0 Å². The van der Waals surface area contributed by atoms with Crippen LogP contribution in [0, 0.1) is 0 Å². The van der Waals surface area contributed by atoms with Gasteiger partial charge in [0.15, 0.2) is 0 Å². The molecule has 0 aromatic heterocycles. The Hall–Kier alpha value is -1.54. The Morgan fingerprint density at radius 3 is 2.32 bits per heavy atom. The number of hydrogen-bond acceptors (Lipinski definition) is 6. The molecular formula is C11H16N2O5S. The van der Waals surface area contributed by atoms with Gasteiger partial charge in [0.1, 0.15) is 11.4 Å². The van der Waals surface area contributed by atoms with E-state index in [2.05, 4.69) is 10.3 Å². The Labute approximate surface area is 116 Å². The molecule has 0 aromatic carbocycles. The largest absolute Gasteiger partial charge is 0.340 e. The minimum atomic E-state index is -0.793. The van der Waals surface area contributed by atoms with Gasteiger partial charge in [-0.3, -0.25) is 19.9 Å². The fourth-order valence-corrected chi connectivity index (χ4v) is 1.33. The molecular weight excluding hydrogens is 272 g/mol. The topological polar surface area (TPSA) is 84.9 Å². The average molecular weight is 288 g/mol. The van der Waals surface area contributed by atoms with E-state index in [1.54, 1.807) is 0 Å². The van der Waals surface area contributed by atoms with Gasteiger partial charge >= 0.3 is 5.97 Å². The molecule has 0 radical (unpaired) electrons. The van der Waals surface area contributed by atoms with Crippen molar-refractivity contribution in [3.8, 4) is 0 Å². The third-order valence-electron chi connectivity index (χ3n) is 1.97. The van der Waals surface area contributed by atoms with E-state index in [9.17, 15) is 14.4 Å². The molecule has 0 bridgehead atoms. The van der Waals surface area contributed by atoms with E-state index >= 15 is 0 Å². The lowest BCUT2D eigenvalue weighted by molar-refractivity contribution is -0.196. The van der Waals surface area contributed by atoms with Crippen molar-refractivity contribution < 1.29 is 24.1 Å². The van der Waals surface area contributed by atoms with Gasteiger partial charge in [-0.2, -0.15) is 0 Å². The average Bonchev–Trinajstić information content (AvgIpc) is 2.57. The van der Waals surface area contributed by atoms with E-state index in [0.717, 1.165) is 0 Å². The maximum atomic E-state index is 11.5. The van der Waals surface area contributed by atoms with E-state index in [4.69, 9.17) is 17.1 Å². The second-order valence-electron chi connectivity index (χ2n) is 4.96. The molecule has 0 spiro atoms. The van der Waals surface area contributed by atoms with Gasteiger partial charge in [-0.1, -0.05) is 12.2 Å². The summed E-state index contributed by atoms with van der Waals surface area (Å²) in [4.78, 5) is 43.8. The lowest BCUT2D eigenvalue weighted by Crippen LogP contribution is -2.36. The fraction of sp³-hybridized carbons (Fsp3) is 0.636. The number of amides is 2. The number of hydroxylamine groups is 3. The summed E-state index contributed by atoms with van der Waals surface area (Å²) in [7, 11) is 0. The van der Waals surface area contributed by atoms with Crippen LogP contribution in [0.5, 0.6) is 0 Å². The normalized spacial score (nSPS) is 15.6. The minimum Gasteiger partial charge on any atom is -0.330 e. The van der Waals surface area contributed by atoms with E-state index in [1.165, 1.54) is 0 Å². The number of nitrogens with zero attached hydrogens (tertiary/aromatic N) is 1. The monoisotopic (exact) mass is 288 g/mol. The van der Waals surface area contributed by atoms with Crippen molar-refractivity contribution in [3.63, 3.8) is 0 Å². The van der Waals surface area contributed by atoms with Crippen LogP contribution >= 0.6 is 12.2 Å². The first-order chi connectivity index (χ1) is 8.69. The molecule has 0 unspecified atom stereocenters. The molecule has 1 aliphatic heterocycles. The summed E-state index contributed by atoms with van der Waals surface area (Å²) in [6.45, 7) is 5.42. The van der Waals surface area contributed by atoms with Crippen LogP contribution in [0.4, 0.5) is 0 Å². The van der Waals surface area contributed by atoms with Gasteiger partial charge in [-0.05, 0) is 20.8 Å². The summed E-state index contributed by atoms with van der Waals surface area (Å²) < 4.78 is 0. The first kappa shape index (κ1) is 15.5. The van der Waals surface area contributed by atoms with Crippen molar-refractivity contribution in [1.82, 2.24) is 10.5 Å². The zero-order valence-electron chi connectivity index (χ0n) is 11.0. The molecule has 0 aromatic rings. The number of thiocarbonyl (C=S) groups is 1. The first-order valence-corrected chi connectivity index (χ1v) is 6.13. The van der Waals surface area contributed by atoms with Crippen molar-refractivity contribution in [2.75, 3.05) is 0 Å². The highest BCUT2D eigenvalue weighted by Gasteiger charge is 2.33. The lowest BCUT2D eigenvalue weighted by Gasteiger charge is -2.20. The minimum absolute atomic E-state index is 0.0575. The maximum Gasteiger partial charge on any atom is 0.340 e. The van der Waals surface area contributed by atoms with Crippen LogP contribution in [0.15, 0.2) is 0 Å². The molecule has 0 aliphatic carbocycles. The smallest absolute Gasteiger partial charge is 0.330 e. The number of rotatable bonds is 4. The van der Waals surface area contributed by atoms with Gasteiger partial charge < -0.3 is 4.84 Å². The Morgan fingerprint density at radius 2 is 1.84 bits per heavy atom. The lowest BCUT2D eigenvalue weighted by atomic mass is 10.2. The van der Waals surface area contributed by atoms with Crippen LogP contribution in [0.25, 0.3) is 0 Å². The summed E-state index contributed by atoms with van der Waals surface area (Å²) in [5.74, 6) is -1.84. The van der Waals surface area contributed by atoms with Gasteiger partial charge in [0.2, 0.25) is 0 Å². The molecule has 1 fully saturated rings. The highest BCUT2D eigenvalue weighted by molar-refractivity contribution is 7.80. The summed E-state index contributed by atoms with van der Waals surface area (Å²) >= 11 is 4.87.